The van der Waals surface area contributed by atoms with E-state index in [0.29, 0.717) is 39.3 Å². The van der Waals surface area contributed by atoms with Crippen LogP contribution in [0.4, 0.5) is 9.59 Å². The monoisotopic (exact) mass is 1230 g/mol. The summed E-state index contributed by atoms with van der Waals surface area (Å²) in [5, 5.41) is 10.8. The lowest BCUT2D eigenvalue weighted by Crippen LogP contribution is -2.60. The van der Waals surface area contributed by atoms with Gasteiger partial charge in [-0.25, -0.2) is 24.2 Å². The summed E-state index contributed by atoms with van der Waals surface area (Å²) in [5.41, 5.74) is 11.3. The second-order valence-corrected chi connectivity index (χ2v) is 18.9. The quantitative estimate of drug-likeness (QED) is 0.00873. The molecule has 4 aliphatic heterocycles. The molecule has 5 amide bonds. The predicted octanol–water partition coefficient (Wildman–Crippen LogP) is -3.26. The van der Waals surface area contributed by atoms with Crippen molar-refractivity contribution in [2.75, 3.05) is 146 Å². The van der Waals surface area contributed by atoms with Gasteiger partial charge in [-0.3, -0.25) is 24.0 Å². The highest BCUT2D eigenvalue weighted by atomic mass is 16.8. The molecule has 0 aliphatic carbocycles. The minimum absolute atomic E-state index is 0.0434. The maximum Gasteiger partial charge on any atom is 0.508 e. The minimum atomic E-state index is -1.33. The summed E-state index contributed by atoms with van der Waals surface area (Å²) in [6.07, 6.45) is -0.401. The summed E-state index contributed by atoms with van der Waals surface area (Å²) < 4.78 is 87.1. The molecule has 9 atom stereocenters. The van der Waals surface area contributed by atoms with E-state index in [0.717, 1.165) is 7.11 Å². The maximum absolute atomic E-state index is 13.4. The van der Waals surface area contributed by atoms with Gasteiger partial charge in [0.15, 0.2) is 24.3 Å². The number of methoxy groups -OCH3 is 2. The van der Waals surface area contributed by atoms with Crippen molar-refractivity contribution < 1.29 is 119 Å². The van der Waals surface area contributed by atoms with Gasteiger partial charge in [0.25, 0.3) is 0 Å². The smallest absolute Gasteiger partial charge is 0.478 e. The topological polar surface area (TPSA) is 417 Å². The molecule has 8 N–H and O–H groups in total. The van der Waals surface area contributed by atoms with Crippen molar-refractivity contribution in [3.8, 4) is 12.3 Å². The highest BCUT2D eigenvalue weighted by molar-refractivity contribution is 5.87. The number of carbonyl (C=O) groups is 9. The van der Waals surface area contributed by atoms with E-state index < -0.39 is 116 Å². The fourth-order valence-corrected chi connectivity index (χ4v) is 8.58. The molecule has 0 aromatic carbocycles. The standard InChI is InChI=1S/C53H80N8O25/c1-6-16-73-22-24-77-26-27-78-25-23-76-19-11-43(66)61(14-20-74-17-7-12-56-41(64)31-79-46(39-29-81-52(69)85-39)45-35(58-33(2)62)9-10-37(83-45)49(67)71-4)15-21-75-18-8-13-57-42(65)32-80-47(40-30-82-53(70)86-40)48-44(59-34(3)63)36(60-51(54)55)28-38(84-48)50(68)72-5/h1,10,28,35-36,39-40,44-48H,7-9,11-27,29-32H2,2-5H3,(H,56,64)(H,57,65)(H,58,62)(H,59,63)(H4,54,55,60)/t35-,36+,39-,40-,44?,45-,46-,47-,48-/m1/s1. The number of guanidine groups is 1. The predicted molar refractivity (Wildman–Crippen MR) is 291 cm³/mol. The van der Waals surface area contributed by atoms with Crippen LogP contribution in [-0.4, -0.2) is 266 Å². The molecular formula is C53H80N8O25. The van der Waals surface area contributed by atoms with Gasteiger partial charge in [-0.1, -0.05) is 5.92 Å². The summed E-state index contributed by atoms with van der Waals surface area (Å²) in [7, 11) is 2.28. The number of cyclic esters (lactones) is 4. The molecule has 4 rings (SSSR count). The SMILES string of the molecule is C#CCOCCOCCOCCOCCC(=O)N(CCOCCCNC(=O)CO[C@@H]([C@@H]1OC(C(=O)OC)=CC[C@H]1NC(C)=O)[C@H]1COC(=O)O1)CCOCCCNC(=O)CO[C@@H]([C@@H]1OC(C(=O)OC)=C[C@H](N=C(N)N)C1NC(C)=O)[C@H]1COC(=O)O1. The van der Waals surface area contributed by atoms with E-state index in [1.54, 1.807) is 4.90 Å². The molecule has 33 nitrogen and oxygen atoms in total. The van der Waals surface area contributed by atoms with E-state index >= 15 is 0 Å². The Balaban J connectivity index is 1.23. The highest BCUT2D eigenvalue weighted by Gasteiger charge is 2.49. The van der Waals surface area contributed by atoms with E-state index in [-0.39, 0.29) is 128 Å². The second-order valence-electron chi connectivity index (χ2n) is 18.9. The van der Waals surface area contributed by atoms with Crippen molar-refractivity contribution in [1.82, 2.24) is 26.2 Å². The van der Waals surface area contributed by atoms with Crippen molar-refractivity contribution in [3.63, 3.8) is 0 Å². The van der Waals surface area contributed by atoms with Crippen LogP contribution in [0, 0.1) is 12.3 Å². The molecule has 86 heavy (non-hydrogen) atoms. The number of hydrogen-bond donors (Lipinski definition) is 6. The fourth-order valence-electron chi connectivity index (χ4n) is 8.58. The molecular weight excluding hydrogens is 1150 g/mol. The zero-order valence-corrected chi connectivity index (χ0v) is 48.7. The van der Waals surface area contributed by atoms with Crippen LogP contribution in [-0.2, 0) is 109 Å². The molecule has 0 aromatic rings. The Labute approximate surface area is 496 Å². The van der Waals surface area contributed by atoms with Crippen molar-refractivity contribution in [3.05, 3.63) is 23.7 Å². The van der Waals surface area contributed by atoms with Crippen LogP contribution >= 0.6 is 0 Å². The van der Waals surface area contributed by atoms with Gasteiger partial charge in [0.2, 0.25) is 41.1 Å². The Hall–Kier alpha value is -7.58. The molecule has 0 saturated carbocycles. The van der Waals surface area contributed by atoms with Crippen molar-refractivity contribution in [2.45, 2.75) is 94.3 Å². The van der Waals surface area contributed by atoms with Gasteiger partial charge < -0.3 is 113 Å². The van der Waals surface area contributed by atoms with E-state index in [1.165, 1.54) is 33.1 Å². The van der Waals surface area contributed by atoms with E-state index in [1.807, 2.05) is 0 Å². The first-order valence-corrected chi connectivity index (χ1v) is 27.6. The normalized spacial score (nSPS) is 21.1. The van der Waals surface area contributed by atoms with E-state index in [2.05, 4.69) is 32.2 Å². The Morgan fingerprint density at radius 3 is 1.64 bits per heavy atom. The van der Waals surface area contributed by atoms with Crippen LogP contribution in [0.1, 0.15) is 39.5 Å². The molecule has 482 valence electrons. The van der Waals surface area contributed by atoms with Crippen LogP contribution < -0.4 is 32.7 Å². The third-order valence-corrected chi connectivity index (χ3v) is 12.5. The summed E-state index contributed by atoms with van der Waals surface area (Å²) in [6, 6.07) is -2.93. The maximum atomic E-state index is 13.4. The summed E-state index contributed by atoms with van der Waals surface area (Å²) in [5.74, 6) is -2.51. The van der Waals surface area contributed by atoms with Gasteiger partial charge in [-0.15, -0.1) is 6.42 Å². The molecule has 0 aromatic heterocycles. The van der Waals surface area contributed by atoms with Crippen LogP contribution in [0.15, 0.2) is 28.7 Å². The Morgan fingerprint density at radius 1 is 0.663 bits per heavy atom. The number of aliphatic imine (C=N–C) groups is 1. The lowest BCUT2D eigenvalue weighted by Gasteiger charge is -2.40. The number of rotatable bonds is 42. The number of carbonyl (C=O) groups excluding carboxylic acids is 9. The summed E-state index contributed by atoms with van der Waals surface area (Å²) >= 11 is 0. The summed E-state index contributed by atoms with van der Waals surface area (Å²) in [6.45, 7) is 4.37. The van der Waals surface area contributed by atoms with Gasteiger partial charge in [0.1, 0.15) is 51.3 Å². The van der Waals surface area contributed by atoms with Crippen molar-refractivity contribution in [2.24, 2.45) is 16.5 Å². The fraction of sp³-hybridized carbons (Fsp3) is 0.698. The zero-order chi connectivity index (χ0) is 62.6. The number of nitrogens with two attached hydrogens (primary N) is 2. The number of nitrogens with one attached hydrogen (secondary N) is 4. The first kappa shape index (κ1) is 70.9. The average molecular weight is 1230 g/mol. The van der Waals surface area contributed by atoms with Crippen molar-refractivity contribution >= 4 is 59.7 Å². The molecule has 4 heterocycles. The highest BCUT2D eigenvalue weighted by Crippen LogP contribution is 2.30. The largest absolute Gasteiger partial charge is 0.508 e. The molecule has 33 heteroatoms. The van der Waals surface area contributed by atoms with Crippen LogP contribution in [0.3, 0.4) is 0 Å². The van der Waals surface area contributed by atoms with Gasteiger partial charge >= 0.3 is 24.2 Å². The van der Waals surface area contributed by atoms with Gasteiger partial charge in [-0.05, 0) is 31.4 Å². The molecule has 0 spiro atoms. The molecule has 0 bridgehead atoms. The molecule has 4 aliphatic rings. The molecule has 0 radical (unpaired) electrons. The second kappa shape index (κ2) is 39.9. The van der Waals surface area contributed by atoms with Crippen LogP contribution in [0.25, 0.3) is 0 Å². The first-order valence-electron chi connectivity index (χ1n) is 27.6. The number of terminal acetylenes is 1. The van der Waals surface area contributed by atoms with E-state index in [4.69, 9.17) is 93.7 Å². The van der Waals surface area contributed by atoms with Gasteiger partial charge in [0.05, 0.1) is 98.2 Å². The summed E-state index contributed by atoms with van der Waals surface area (Å²) in [4.78, 5) is 118. The van der Waals surface area contributed by atoms with Gasteiger partial charge in [0, 0.05) is 53.2 Å². The number of nitrogens with zero attached hydrogens (tertiary/aromatic N) is 2. The Bertz CT molecular complexity index is 2350. The molecule has 1 unspecified atom stereocenters. The van der Waals surface area contributed by atoms with Crippen molar-refractivity contribution in [1.29, 1.82) is 0 Å². The van der Waals surface area contributed by atoms with Gasteiger partial charge in [-0.2, -0.15) is 0 Å². The first-order chi connectivity index (χ1) is 41.4. The molecule has 2 saturated heterocycles. The van der Waals surface area contributed by atoms with E-state index in [9.17, 15) is 43.2 Å². The third kappa shape index (κ3) is 26.4. The van der Waals surface area contributed by atoms with Crippen LogP contribution in [0.2, 0.25) is 0 Å². The number of amides is 5. The molecule has 2 fully saturated rings. The minimum Gasteiger partial charge on any atom is -0.478 e. The average Bonchev–Trinajstić information content (AvgIpc) is 1.80. The lowest BCUT2D eigenvalue weighted by molar-refractivity contribution is -0.155. The Morgan fingerprint density at radius 2 is 1.15 bits per heavy atom. The third-order valence-electron chi connectivity index (χ3n) is 12.5. The number of ether oxygens (including phenoxy) is 16. The zero-order valence-electron chi connectivity index (χ0n) is 48.7. The number of hydrogen-bond acceptors (Lipinski definition) is 26. The van der Waals surface area contributed by atoms with Crippen LogP contribution in [0.5, 0.6) is 0 Å². The lowest BCUT2D eigenvalue weighted by atomic mass is 9.92. The Kier molecular flexibility index (Phi) is 32.9. The number of esters is 2.